The SMILES string of the molecule is O=C(Nc1ccccc1Cl)N1CCN(Cc2cn3ccccc3n2)CC1. The van der Waals surface area contributed by atoms with E-state index in [4.69, 9.17) is 11.6 Å². The Morgan fingerprint density at radius 3 is 2.62 bits per heavy atom. The Kier molecular flexibility index (Phi) is 4.77. The van der Waals surface area contributed by atoms with Crippen LogP contribution >= 0.6 is 11.6 Å². The Balaban J connectivity index is 1.32. The number of nitrogens with zero attached hydrogens (tertiary/aromatic N) is 4. The minimum atomic E-state index is -0.106. The summed E-state index contributed by atoms with van der Waals surface area (Å²) in [5.41, 5.74) is 2.65. The van der Waals surface area contributed by atoms with Gasteiger partial charge in [0.15, 0.2) is 0 Å². The molecule has 2 amide bonds. The number of nitrogens with one attached hydrogen (secondary N) is 1. The second-order valence-corrected chi connectivity index (χ2v) is 6.78. The van der Waals surface area contributed by atoms with Crippen LogP contribution < -0.4 is 5.32 Å². The first kappa shape index (κ1) is 16.9. The van der Waals surface area contributed by atoms with Gasteiger partial charge in [0.05, 0.1) is 16.4 Å². The molecular formula is C19H20ClN5O. The van der Waals surface area contributed by atoms with Gasteiger partial charge in [0.1, 0.15) is 5.65 Å². The minimum Gasteiger partial charge on any atom is -0.322 e. The van der Waals surface area contributed by atoms with Gasteiger partial charge < -0.3 is 14.6 Å². The number of anilines is 1. The molecule has 0 aliphatic carbocycles. The number of aromatic nitrogens is 2. The smallest absolute Gasteiger partial charge is 0.321 e. The molecular weight excluding hydrogens is 350 g/mol. The molecule has 6 nitrogen and oxygen atoms in total. The average Bonchev–Trinajstić information content (AvgIpc) is 3.06. The number of benzene rings is 1. The van der Waals surface area contributed by atoms with Crippen LogP contribution in [-0.4, -0.2) is 51.4 Å². The van der Waals surface area contributed by atoms with Crippen LogP contribution in [0.4, 0.5) is 10.5 Å². The molecule has 0 saturated carbocycles. The maximum absolute atomic E-state index is 12.4. The van der Waals surface area contributed by atoms with Crippen LogP contribution in [-0.2, 0) is 6.54 Å². The zero-order valence-electron chi connectivity index (χ0n) is 14.3. The zero-order valence-corrected chi connectivity index (χ0v) is 15.1. The predicted octanol–water partition coefficient (Wildman–Crippen LogP) is 3.34. The summed E-state index contributed by atoms with van der Waals surface area (Å²) in [6.07, 6.45) is 4.06. The van der Waals surface area contributed by atoms with Gasteiger partial charge in [-0.1, -0.05) is 29.8 Å². The third-order valence-electron chi connectivity index (χ3n) is 4.57. The molecule has 4 rings (SSSR count). The summed E-state index contributed by atoms with van der Waals surface area (Å²) in [5, 5.41) is 3.43. The van der Waals surface area contributed by atoms with Crippen molar-refractivity contribution in [3.8, 4) is 0 Å². The van der Waals surface area contributed by atoms with Crippen LogP contribution in [0.25, 0.3) is 5.65 Å². The maximum Gasteiger partial charge on any atom is 0.321 e. The first-order valence-electron chi connectivity index (χ1n) is 8.64. The lowest BCUT2D eigenvalue weighted by Crippen LogP contribution is -2.49. The molecule has 3 heterocycles. The Labute approximate surface area is 157 Å². The van der Waals surface area contributed by atoms with Crippen LogP contribution in [0.3, 0.4) is 0 Å². The fourth-order valence-electron chi connectivity index (χ4n) is 3.16. The standard InChI is InChI=1S/C19H20ClN5O/c20-16-5-1-2-6-17(16)22-19(26)24-11-9-23(10-12-24)13-15-14-25-8-4-3-7-18(25)21-15/h1-8,14H,9-13H2,(H,22,26). The first-order valence-corrected chi connectivity index (χ1v) is 9.02. The molecule has 1 fully saturated rings. The summed E-state index contributed by atoms with van der Waals surface area (Å²) < 4.78 is 2.03. The number of hydrogen-bond donors (Lipinski definition) is 1. The van der Waals surface area contributed by atoms with Crippen molar-refractivity contribution in [3.05, 3.63) is 65.6 Å². The summed E-state index contributed by atoms with van der Waals surface area (Å²) in [6, 6.07) is 13.1. The van der Waals surface area contributed by atoms with Gasteiger partial charge in [-0.2, -0.15) is 0 Å². The third kappa shape index (κ3) is 3.66. The highest BCUT2D eigenvalue weighted by Crippen LogP contribution is 2.21. The number of para-hydroxylation sites is 1. The number of piperazine rings is 1. The van der Waals surface area contributed by atoms with Gasteiger partial charge in [-0.25, -0.2) is 9.78 Å². The Morgan fingerprint density at radius 1 is 1.08 bits per heavy atom. The molecule has 1 saturated heterocycles. The Morgan fingerprint density at radius 2 is 1.85 bits per heavy atom. The number of fused-ring (bicyclic) bond motifs is 1. The van der Waals surface area contributed by atoms with Crippen molar-refractivity contribution in [3.63, 3.8) is 0 Å². The average molecular weight is 370 g/mol. The van der Waals surface area contributed by atoms with Crippen LogP contribution in [0.1, 0.15) is 5.69 Å². The quantitative estimate of drug-likeness (QED) is 0.770. The zero-order chi connectivity index (χ0) is 17.9. The van der Waals surface area contributed by atoms with E-state index in [-0.39, 0.29) is 6.03 Å². The van der Waals surface area contributed by atoms with E-state index in [2.05, 4.69) is 21.4 Å². The molecule has 2 aromatic heterocycles. The predicted molar refractivity (Wildman–Crippen MR) is 103 cm³/mol. The van der Waals surface area contributed by atoms with Gasteiger partial charge in [0, 0.05) is 45.1 Å². The van der Waals surface area contributed by atoms with Crippen molar-refractivity contribution in [2.75, 3.05) is 31.5 Å². The molecule has 0 radical (unpaired) electrons. The number of rotatable bonds is 3. The van der Waals surface area contributed by atoms with Crippen molar-refractivity contribution >= 4 is 29.0 Å². The van der Waals surface area contributed by atoms with Gasteiger partial charge in [0.25, 0.3) is 0 Å². The number of carbonyl (C=O) groups is 1. The van der Waals surface area contributed by atoms with Gasteiger partial charge in [-0.05, 0) is 24.3 Å². The molecule has 1 aliphatic rings. The van der Waals surface area contributed by atoms with Crippen molar-refractivity contribution in [1.29, 1.82) is 0 Å². The second-order valence-electron chi connectivity index (χ2n) is 6.37. The topological polar surface area (TPSA) is 52.9 Å². The summed E-state index contributed by atoms with van der Waals surface area (Å²) in [4.78, 5) is 21.2. The number of halogens is 1. The van der Waals surface area contributed by atoms with E-state index in [1.165, 1.54) is 0 Å². The first-order chi connectivity index (χ1) is 12.7. The molecule has 134 valence electrons. The molecule has 1 N–H and O–H groups in total. The molecule has 0 unspecified atom stereocenters. The molecule has 0 spiro atoms. The van der Waals surface area contributed by atoms with Gasteiger partial charge in [-0.3, -0.25) is 4.90 Å². The van der Waals surface area contributed by atoms with E-state index >= 15 is 0 Å². The fourth-order valence-corrected chi connectivity index (χ4v) is 3.34. The lowest BCUT2D eigenvalue weighted by Gasteiger charge is -2.34. The number of imidazole rings is 1. The molecule has 7 heteroatoms. The molecule has 26 heavy (non-hydrogen) atoms. The fraction of sp³-hybridized carbons (Fsp3) is 0.263. The van der Waals surface area contributed by atoms with Crippen LogP contribution in [0.15, 0.2) is 54.9 Å². The van der Waals surface area contributed by atoms with Crippen molar-refractivity contribution in [2.45, 2.75) is 6.54 Å². The van der Waals surface area contributed by atoms with Crippen LogP contribution in [0.2, 0.25) is 5.02 Å². The lowest BCUT2D eigenvalue weighted by molar-refractivity contribution is 0.142. The number of pyridine rings is 1. The van der Waals surface area contributed by atoms with E-state index in [1.807, 2.05) is 45.8 Å². The Hall–Kier alpha value is -2.57. The van der Waals surface area contributed by atoms with Crippen molar-refractivity contribution < 1.29 is 4.79 Å². The number of urea groups is 1. The van der Waals surface area contributed by atoms with Crippen molar-refractivity contribution in [1.82, 2.24) is 19.2 Å². The summed E-state index contributed by atoms with van der Waals surface area (Å²) in [6.45, 7) is 3.81. The number of hydrogen-bond acceptors (Lipinski definition) is 3. The molecule has 0 atom stereocenters. The van der Waals surface area contributed by atoms with E-state index in [9.17, 15) is 4.79 Å². The monoisotopic (exact) mass is 369 g/mol. The van der Waals surface area contributed by atoms with Gasteiger partial charge in [-0.15, -0.1) is 0 Å². The highest BCUT2D eigenvalue weighted by molar-refractivity contribution is 6.33. The molecule has 3 aromatic rings. The minimum absolute atomic E-state index is 0.106. The van der Waals surface area contributed by atoms with E-state index < -0.39 is 0 Å². The maximum atomic E-state index is 12.4. The highest BCUT2D eigenvalue weighted by Gasteiger charge is 2.22. The van der Waals surface area contributed by atoms with E-state index in [0.717, 1.165) is 31.0 Å². The molecule has 1 aromatic carbocycles. The summed E-state index contributed by atoms with van der Waals surface area (Å²) in [7, 11) is 0. The van der Waals surface area contributed by atoms with Gasteiger partial charge >= 0.3 is 6.03 Å². The molecule has 1 aliphatic heterocycles. The third-order valence-corrected chi connectivity index (χ3v) is 4.90. The van der Waals surface area contributed by atoms with Crippen molar-refractivity contribution in [2.24, 2.45) is 0 Å². The highest BCUT2D eigenvalue weighted by atomic mass is 35.5. The van der Waals surface area contributed by atoms with Crippen LogP contribution in [0, 0.1) is 0 Å². The second kappa shape index (κ2) is 7.35. The summed E-state index contributed by atoms with van der Waals surface area (Å²) in [5.74, 6) is 0. The van der Waals surface area contributed by atoms with Crippen LogP contribution in [0.5, 0.6) is 0 Å². The van der Waals surface area contributed by atoms with Gasteiger partial charge in [0.2, 0.25) is 0 Å². The normalized spacial score (nSPS) is 15.3. The molecule has 0 bridgehead atoms. The van der Waals surface area contributed by atoms with E-state index in [1.54, 1.807) is 12.1 Å². The summed E-state index contributed by atoms with van der Waals surface area (Å²) >= 11 is 6.10. The number of amides is 2. The number of carbonyl (C=O) groups excluding carboxylic acids is 1. The largest absolute Gasteiger partial charge is 0.322 e. The van der Waals surface area contributed by atoms with E-state index in [0.29, 0.717) is 23.8 Å². The lowest BCUT2D eigenvalue weighted by atomic mass is 10.3. The Bertz CT molecular complexity index is 884.